The summed E-state index contributed by atoms with van der Waals surface area (Å²) in [5, 5.41) is 0.790. The van der Waals surface area contributed by atoms with E-state index in [2.05, 4.69) is 0 Å². The fraction of sp³-hybridized carbons (Fsp3) is 0.333. The molecule has 0 unspecified atom stereocenters. The monoisotopic (exact) mass is 201 g/mol. The van der Waals surface area contributed by atoms with Crippen molar-refractivity contribution in [3.63, 3.8) is 0 Å². The van der Waals surface area contributed by atoms with E-state index in [1.807, 2.05) is 36.0 Å². The summed E-state index contributed by atoms with van der Waals surface area (Å²) < 4.78 is 0. The first-order chi connectivity index (χ1) is 5.83. The molecule has 1 aromatic carbocycles. The SMILES string of the molecule is NCCCSc1ccc(Cl)cc1. The molecule has 0 aliphatic heterocycles. The number of hydrogen-bond acceptors (Lipinski definition) is 2. The fourth-order valence-corrected chi connectivity index (χ4v) is 1.81. The van der Waals surface area contributed by atoms with Crippen molar-refractivity contribution in [2.75, 3.05) is 12.3 Å². The lowest BCUT2D eigenvalue weighted by Gasteiger charge is -1.99. The molecule has 1 rings (SSSR count). The summed E-state index contributed by atoms with van der Waals surface area (Å²) in [6.45, 7) is 0.764. The van der Waals surface area contributed by atoms with Crippen molar-refractivity contribution in [3.05, 3.63) is 29.3 Å². The van der Waals surface area contributed by atoms with Gasteiger partial charge >= 0.3 is 0 Å². The molecule has 0 aromatic heterocycles. The van der Waals surface area contributed by atoms with Crippen LogP contribution in [0.15, 0.2) is 29.2 Å². The number of halogens is 1. The number of benzene rings is 1. The minimum absolute atomic E-state index is 0.764. The van der Waals surface area contributed by atoms with Crippen molar-refractivity contribution in [2.45, 2.75) is 11.3 Å². The molecule has 0 amide bonds. The van der Waals surface area contributed by atoms with Crippen molar-refractivity contribution in [3.8, 4) is 0 Å². The van der Waals surface area contributed by atoms with Gasteiger partial charge in [0.2, 0.25) is 0 Å². The first kappa shape index (κ1) is 9.90. The molecule has 0 bridgehead atoms. The van der Waals surface area contributed by atoms with E-state index in [1.54, 1.807) is 0 Å². The molecule has 0 spiro atoms. The Morgan fingerprint density at radius 1 is 1.25 bits per heavy atom. The van der Waals surface area contributed by atoms with E-state index >= 15 is 0 Å². The van der Waals surface area contributed by atoms with Gasteiger partial charge in [0, 0.05) is 9.92 Å². The van der Waals surface area contributed by atoms with Gasteiger partial charge in [0.25, 0.3) is 0 Å². The molecule has 0 atom stereocenters. The van der Waals surface area contributed by atoms with Crippen LogP contribution in [0.5, 0.6) is 0 Å². The highest BCUT2D eigenvalue weighted by atomic mass is 35.5. The molecule has 1 nitrogen and oxygen atoms in total. The van der Waals surface area contributed by atoms with E-state index in [-0.39, 0.29) is 0 Å². The third-order valence-corrected chi connectivity index (χ3v) is 2.78. The second kappa shape index (κ2) is 5.46. The Balaban J connectivity index is 2.37. The average Bonchev–Trinajstić information content (AvgIpc) is 2.09. The van der Waals surface area contributed by atoms with Crippen molar-refractivity contribution < 1.29 is 0 Å². The Morgan fingerprint density at radius 3 is 2.50 bits per heavy atom. The zero-order chi connectivity index (χ0) is 8.81. The van der Waals surface area contributed by atoms with E-state index in [1.165, 1.54) is 4.90 Å². The van der Waals surface area contributed by atoms with Gasteiger partial charge in [-0.1, -0.05) is 11.6 Å². The molecule has 0 fully saturated rings. The molecule has 0 saturated heterocycles. The maximum absolute atomic E-state index is 5.74. The molecule has 3 heteroatoms. The molecule has 12 heavy (non-hydrogen) atoms. The lowest BCUT2D eigenvalue weighted by Crippen LogP contribution is -1.99. The summed E-state index contributed by atoms with van der Waals surface area (Å²) in [7, 11) is 0. The van der Waals surface area contributed by atoms with Crippen molar-refractivity contribution in [1.82, 2.24) is 0 Å². The fourth-order valence-electron chi connectivity index (χ4n) is 0.804. The van der Waals surface area contributed by atoms with Gasteiger partial charge in [-0.25, -0.2) is 0 Å². The molecular weight excluding hydrogens is 190 g/mol. The van der Waals surface area contributed by atoms with E-state index < -0.39 is 0 Å². The lowest BCUT2D eigenvalue weighted by atomic mass is 10.4. The van der Waals surface area contributed by atoms with Crippen LogP contribution in [0.2, 0.25) is 5.02 Å². The number of thioether (sulfide) groups is 1. The average molecular weight is 202 g/mol. The van der Waals surface area contributed by atoms with Crippen LogP contribution in [0.3, 0.4) is 0 Å². The summed E-state index contributed by atoms with van der Waals surface area (Å²) in [4.78, 5) is 1.26. The third kappa shape index (κ3) is 3.48. The van der Waals surface area contributed by atoms with Gasteiger partial charge in [-0.3, -0.25) is 0 Å². The molecular formula is C9H12ClNS. The molecule has 66 valence electrons. The van der Waals surface area contributed by atoms with Crippen LogP contribution in [-0.2, 0) is 0 Å². The molecule has 0 heterocycles. The molecule has 1 aromatic rings. The minimum atomic E-state index is 0.764. The van der Waals surface area contributed by atoms with Crippen LogP contribution < -0.4 is 5.73 Å². The summed E-state index contributed by atoms with van der Waals surface area (Å²) in [5.74, 6) is 1.08. The first-order valence-electron chi connectivity index (χ1n) is 3.91. The number of rotatable bonds is 4. The van der Waals surface area contributed by atoms with Gasteiger partial charge in [-0.15, -0.1) is 11.8 Å². The van der Waals surface area contributed by atoms with Crippen LogP contribution in [0, 0.1) is 0 Å². The van der Waals surface area contributed by atoms with Gasteiger partial charge in [0.05, 0.1) is 0 Å². The van der Waals surface area contributed by atoms with Crippen molar-refractivity contribution in [1.29, 1.82) is 0 Å². The van der Waals surface area contributed by atoms with Gasteiger partial charge < -0.3 is 5.73 Å². The van der Waals surface area contributed by atoms with Crippen LogP contribution in [0.1, 0.15) is 6.42 Å². The van der Waals surface area contributed by atoms with Gasteiger partial charge in [0.1, 0.15) is 0 Å². The second-order valence-electron chi connectivity index (χ2n) is 2.44. The molecule has 2 N–H and O–H groups in total. The summed E-state index contributed by atoms with van der Waals surface area (Å²) in [6, 6.07) is 7.88. The van der Waals surface area contributed by atoms with Gasteiger partial charge in [-0.05, 0) is 43.0 Å². The standard InChI is InChI=1S/C9H12ClNS/c10-8-2-4-9(5-3-8)12-7-1-6-11/h2-5H,1,6-7,11H2. The molecule has 0 aliphatic carbocycles. The van der Waals surface area contributed by atoms with Crippen LogP contribution >= 0.6 is 23.4 Å². The Morgan fingerprint density at radius 2 is 1.92 bits per heavy atom. The van der Waals surface area contributed by atoms with Crippen molar-refractivity contribution in [2.24, 2.45) is 5.73 Å². The first-order valence-corrected chi connectivity index (χ1v) is 5.27. The van der Waals surface area contributed by atoms with E-state index in [0.29, 0.717) is 0 Å². The Labute approximate surface area is 82.3 Å². The smallest absolute Gasteiger partial charge is 0.0406 e. The van der Waals surface area contributed by atoms with Gasteiger partial charge in [0.15, 0.2) is 0 Å². The van der Waals surface area contributed by atoms with Crippen LogP contribution in [0.25, 0.3) is 0 Å². The summed E-state index contributed by atoms with van der Waals surface area (Å²) in [5.41, 5.74) is 5.38. The number of hydrogen-bond donors (Lipinski definition) is 1. The summed E-state index contributed by atoms with van der Waals surface area (Å²) in [6.07, 6.45) is 1.06. The zero-order valence-electron chi connectivity index (χ0n) is 6.79. The van der Waals surface area contributed by atoms with Gasteiger partial charge in [-0.2, -0.15) is 0 Å². The van der Waals surface area contributed by atoms with E-state index in [0.717, 1.165) is 23.7 Å². The predicted molar refractivity (Wildman–Crippen MR) is 55.8 cm³/mol. The van der Waals surface area contributed by atoms with E-state index in [9.17, 15) is 0 Å². The van der Waals surface area contributed by atoms with Crippen LogP contribution in [-0.4, -0.2) is 12.3 Å². The zero-order valence-corrected chi connectivity index (χ0v) is 8.37. The highest BCUT2D eigenvalue weighted by molar-refractivity contribution is 7.99. The molecule has 0 radical (unpaired) electrons. The lowest BCUT2D eigenvalue weighted by molar-refractivity contribution is 0.943. The molecule has 0 aliphatic rings. The Hall–Kier alpha value is -0.180. The Kier molecular flexibility index (Phi) is 4.51. The largest absolute Gasteiger partial charge is 0.330 e. The maximum Gasteiger partial charge on any atom is 0.0406 e. The minimum Gasteiger partial charge on any atom is -0.330 e. The number of nitrogens with two attached hydrogens (primary N) is 1. The van der Waals surface area contributed by atoms with Crippen molar-refractivity contribution >= 4 is 23.4 Å². The maximum atomic E-state index is 5.74. The third-order valence-electron chi connectivity index (χ3n) is 1.43. The predicted octanol–water partition coefficient (Wildman–Crippen LogP) is 2.78. The highest BCUT2D eigenvalue weighted by Gasteiger charge is 1.92. The molecule has 0 saturated carbocycles. The van der Waals surface area contributed by atoms with E-state index in [4.69, 9.17) is 17.3 Å². The quantitative estimate of drug-likeness (QED) is 0.599. The second-order valence-corrected chi connectivity index (χ2v) is 4.05. The normalized spacial score (nSPS) is 10.2. The highest BCUT2D eigenvalue weighted by Crippen LogP contribution is 2.20. The van der Waals surface area contributed by atoms with Crippen LogP contribution in [0.4, 0.5) is 0 Å². The summed E-state index contributed by atoms with van der Waals surface area (Å²) >= 11 is 7.56. The Bertz CT molecular complexity index is 222. The topological polar surface area (TPSA) is 26.0 Å².